The van der Waals surface area contributed by atoms with Gasteiger partial charge >= 0.3 is 0 Å². The van der Waals surface area contributed by atoms with E-state index in [0.29, 0.717) is 12.8 Å². The molecule has 1 aliphatic carbocycles. The van der Waals surface area contributed by atoms with Crippen LogP contribution in [0.2, 0.25) is 10.0 Å². The van der Waals surface area contributed by atoms with Crippen LogP contribution >= 0.6 is 23.2 Å². The highest BCUT2D eigenvalue weighted by molar-refractivity contribution is 6.33. The van der Waals surface area contributed by atoms with Gasteiger partial charge in [0, 0.05) is 18.2 Å². The Hall–Kier alpha value is -3.75. The highest BCUT2D eigenvalue weighted by Crippen LogP contribution is 2.35. The first kappa shape index (κ1) is 23.6. The van der Waals surface area contributed by atoms with Crippen LogP contribution < -0.4 is 16.4 Å². The summed E-state index contributed by atoms with van der Waals surface area (Å²) in [5.41, 5.74) is -1.28. The quantitative estimate of drug-likeness (QED) is 0.259. The van der Waals surface area contributed by atoms with Crippen LogP contribution in [0, 0.1) is 0 Å². The number of phenolic OH excluding ortho intramolecular Hbond substituents is 2. The van der Waals surface area contributed by atoms with Crippen molar-refractivity contribution < 1.29 is 19.0 Å². The van der Waals surface area contributed by atoms with Crippen molar-refractivity contribution >= 4 is 56.1 Å². The molecule has 0 unspecified atom stereocenters. The summed E-state index contributed by atoms with van der Waals surface area (Å²) in [6.07, 6.45) is 5.49. The first-order valence-electron chi connectivity index (χ1n) is 11.7. The Morgan fingerprint density at radius 3 is 2.08 bits per heavy atom. The fourth-order valence-corrected chi connectivity index (χ4v) is 5.48. The van der Waals surface area contributed by atoms with Gasteiger partial charge in [-0.15, -0.1) is 0 Å². The molecule has 6 rings (SSSR count). The van der Waals surface area contributed by atoms with Crippen LogP contribution in [0.5, 0.6) is 11.5 Å². The van der Waals surface area contributed by atoms with Crippen LogP contribution in [0.1, 0.15) is 38.1 Å². The number of rotatable bonds is 2. The number of hydrogen-bond acceptors (Lipinski definition) is 7. The Bertz CT molecular complexity index is 1930. The van der Waals surface area contributed by atoms with Gasteiger partial charge in [0.05, 0.1) is 37.5 Å². The first-order chi connectivity index (χ1) is 17.7. The van der Waals surface area contributed by atoms with Crippen LogP contribution in [-0.4, -0.2) is 14.8 Å². The Morgan fingerprint density at radius 1 is 0.784 bits per heavy atom. The molecule has 1 aliphatic rings. The van der Waals surface area contributed by atoms with Crippen molar-refractivity contribution in [1.82, 2.24) is 4.57 Å². The predicted octanol–water partition coefficient (Wildman–Crippen LogP) is 6.10. The van der Waals surface area contributed by atoms with E-state index in [2.05, 4.69) is 0 Å². The lowest BCUT2D eigenvalue weighted by molar-refractivity contribution is 0.348. The molecular formula is C27H19Cl2NO7. The third-order valence-corrected chi connectivity index (χ3v) is 7.61. The van der Waals surface area contributed by atoms with Crippen molar-refractivity contribution in [2.45, 2.75) is 38.1 Å². The second-order valence-corrected chi connectivity index (χ2v) is 10.1. The maximum Gasteiger partial charge on any atom is 0.295 e. The monoisotopic (exact) mass is 539 g/mol. The second kappa shape index (κ2) is 8.68. The Morgan fingerprint density at radius 2 is 1.41 bits per heavy atom. The minimum absolute atomic E-state index is 0.0209. The second-order valence-electron chi connectivity index (χ2n) is 9.25. The Labute approximate surface area is 217 Å². The number of phenols is 2. The Kier molecular flexibility index (Phi) is 5.54. The number of pyridine rings is 1. The smallest absolute Gasteiger partial charge is 0.295 e. The van der Waals surface area contributed by atoms with E-state index in [1.165, 1.54) is 41.2 Å². The van der Waals surface area contributed by atoms with Crippen LogP contribution in [0.25, 0.3) is 44.2 Å². The average molecular weight is 540 g/mol. The van der Waals surface area contributed by atoms with E-state index in [9.17, 15) is 24.6 Å². The normalized spacial score (nSPS) is 14.6. The van der Waals surface area contributed by atoms with Crippen molar-refractivity contribution in [3.63, 3.8) is 0 Å². The number of aromatic nitrogens is 1. The summed E-state index contributed by atoms with van der Waals surface area (Å²) >= 11 is 12.1. The van der Waals surface area contributed by atoms with Crippen LogP contribution in [0.3, 0.4) is 0 Å². The molecule has 1 saturated carbocycles. The van der Waals surface area contributed by atoms with E-state index in [-0.39, 0.29) is 71.8 Å². The molecule has 5 aromatic rings. The van der Waals surface area contributed by atoms with Gasteiger partial charge in [-0.3, -0.25) is 14.4 Å². The summed E-state index contributed by atoms with van der Waals surface area (Å²) in [4.78, 5) is 40.9. The number of aromatic hydroxyl groups is 2. The molecule has 0 bridgehead atoms. The molecule has 0 aliphatic heterocycles. The molecule has 37 heavy (non-hydrogen) atoms. The molecule has 0 spiro atoms. The fraction of sp³-hybridized carbons (Fsp3) is 0.222. The SMILES string of the molecule is O=c1c(-c2cc3c(=O)c4cc(Cl)c(O)cc4oc3c(=O)n2C2CCCCC2)coc2cc(O)c(Cl)cc12. The number of nitrogens with zero attached hydrogens (tertiary/aromatic N) is 1. The first-order valence-corrected chi connectivity index (χ1v) is 12.5. The maximum absolute atomic E-state index is 13.9. The van der Waals surface area contributed by atoms with Gasteiger partial charge in [0.15, 0.2) is 0 Å². The zero-order valence-corrected chi connectivity index (χ0v) is 20.7. The van der Waals surface area contributed by atoms with Crippen LogP contribution in [-0.2, 0) is 0 Å². The zero-order chi connectivity index (χ0) is 26.0. The molecule has 0 saturated heterocycles. The minimum atomic E-state index is -0.559. The van der Waals surface area contributed by atoms with E-state index in [4.69, 9.17) is 32.0 Å². The van der Waals surface area contributed by atoms with Gasteiger partial charge in [0.1, 0.15) is 28.9 Å². The maximum atomic E-state index is 13.9. The Balaban J connectivity index is 1.74. The van der Waals surface area contributed by atoms with Crippen LogP contribution in [0.15, 0.2) is 59.8 Å². The molecule has 10 heteroatoms. The third kappa shape index (κ3) is 3.70. The molecule has 8 nitrogen and oxygen atoms in total. The van der Waals surface area contributed by atoms with Gasteiger partial charge in [-0.1, -0.05) is 42.5 Å². The summed E-state index contributed by atoms with van der Waals surface area (Å²) in [6, 6.07) is 6.28. The van der Waals surface area contributed by atoms with Crippen LogP contribution in [0.4, 0.5) is 0 Å². The van der Waals surface area contributed by atoms with E-state index < -0.39 is 16.4 Å². The van der Waals surface area contributed by atoms with Gasteiger partial charge in [0.25, 0.3) is 5.56 Å². The van der Waals surface area contributed by atoms with Crippen molar-refractivity contribution in [3.8, 4) is 22.8 Å². The predicted molar refractivity (Wildman–Crippen MR) is 141 cm³/mol. The molecule has 2 aromatic carbocycles. The standard InChI is InChI=1S/C27H19Cl2NO7/c28-17-6-13-22(9-20(17)31)36-11-16(25(13)34)19-8-15-24(33)14-7-18(29)21(32)10-23(14)37-26(15)27(35)30(19)12-4-2-1-3-5-12/h6-12,31-32H,1-5H2. The molecule has 1 fully saturated rings. The number of benzene rings is 2. The van der Waals surface area contributed by atoms with Gasteiger partial charge in [-0.25, -0.2) is 0 Å². The summed E-state index contributed by atoms with van der Waals surface area (Å²) in [5.74, 6) is -0.511. The van der Waals surface area contributed by atoms with E-state index in [1.54, 1.807) is 0 Å². The third-order valence-electron chi connectivity index (χ3n) is 7.01. The highest BCUT2D eigenvalue weighted by atomic mass is 35.5. The lowest BCUT2D eigenvalue weighted by atomic mass is 9.94. The van der Waals surface area contributed by atoms with Crippen molar-refractivity contribution in [2.24, 2.45) is 0 Å². The summed E-state index contributed by atoms with van der Waals surface area (Å²) in [7, 11) is 0. The topological polar surface area (TPSA) is 123 Å². The number of fused-ring (bicyclic) bond motifs is 3. The summed E-state index contributed by atoms with van der Waals surface area (Å²) < 4.78 is 13.0. The van der Waals surface area contributed by atoms with E-state index in [1.807, 2.05) is 0 Å². The van der Waals surface area contributed by atoms with Crippen molar-refractivity contribution in [2.75, 3.05) is 0 Å². The molecular weight excluding hydrogens is 521 g/mol. The van der Waals surface area contributed by atoms with E-state index >= 15 is 0 Å². The van der Waals surface area contributed by atoms with Gasteiger partial charge < -0.3 is 23.6 Å². The number of halogens is 2. The van der Waals surface area contributed by atoms with Gasteiger partial charge in [0.2, 0.25) is 16.4 Å². The summed E-state index contributed by atoms with van der Waals surface area (Å²) in [6.45, 7) is 0. The van der Waals surface area contributed by atoms with Crippen molar-refractivity contribution in [3.05, 3.63) is 77.4 Å². The lowest BCUT2D eigenvalue weighted by Gasteiger charge is -2.26. The van der Waals surface area contributed by atoms with E-state index in [0.717, 1.165) is 19.3 Å². The van der Waals surface area contributed by atoms with Gasteiger partial charge in [-0.05, 0) is 31.0 Å². The fourth-order valence-electron chi connectivity index (χ4n) is 5.16. The summed E-state index contributed by atoms with van der Waals surface area (Å²) in [5, 5.41) is 20.0. The molecule has 2 N–H and O–H groups in total. The molecule has 0 atom stereocenters. The molecule has 188 valence electrons. The van der Waals surface area contributed by atoms with Crippen molar-refractivity contribution in [1.29, 1.82) is 0 Å². The molecule has 3 aromatic heterocycles. The largest absolute Gasteiger partial charge is 0.506 e. The molecule has 0 radical (unpaired) electrons. The minimum Gasteiger partial charge on any atom is -0.506 e. The molecule has 3 heterocycles. The molecule has 0 amide bonds. The number of hydrogen-bond donors (Lipinski definition) is 2. The zero-order valence-electron chi connectivity index (χ0n) is 19.2. The van der Waals surface area contributed by atoms with Gasteiger partial charge in [-0.2, -0.15) is 0 Å². The highest BCUT2D eigenvalue weighted by Gasteiger charge is 2.26. The average Bonchev–Trinajstić information content (AvgIpc) is 2.88. The lowest BCUT2D eigenvalue weighted by Crippen LogP contribution is -2.30.